The van der Waals surface area contributed by atoms with E-state index in [1.165, 1.54) is 31.4 Å². The highest BCUT2D eigenvalue weighted by Crippen LogP contribution is 2.16. The summed E-state index contributed by atoms with van der Waals surface area (Å²) in [5.41, 5.74) is 0.0541. The molecule has 0 radical (unpaired) electrons. The molecule has 1 aromatic carbocycles. The summed E-state index contributed by atoms with van der Waals surface area (Å²) < 4.78 is 18.8. The molecule has 18 heavy (non-hydrogen) atoms. The van der Waals surface area contributed by atoms with E-state index < -0.39 is 5.82 Å². The second-order valence-electron chi connectivity index (χ2n) is 4.50. The normalized spacial score (nSPS) is 16.2. The molecule has 1 aliphatic rings. The van der Waals surface area contributed by atoms with Gasteiger partial charge >= 0.3 is 0 Å². The Morgan fingerprint density at radius 1 is 1.28 bits per heavy atom. The average molecular weight is 248 g/mol. The Morgan fingerprint density at radius 3 is 2.72 bits per heavy atom. The van der Waals surface area contributed by atoms with Crippen LogP contribution in [0.25, 0.3) is 0 Å². The number of hydrogen-bond acceptors (Lipinski definition) is 3. The van der Waals surface area contributed by atoms with E-state index >= 15 is 0 Å². The van der Waals surface area contributed by atoms with E-state index in [4.69, 9.17) is 10.00 Å². The third kappa shape index (κ3) is 3.44. The molecule has 0 saturated carbocycles. The Kier molecular flexibility index (Phi) is 4.54. The molecule has 96 valence electrons. The minimum Gasteiger partial charge on any atom is -0.492 e. The Balaban J connectivity index is 1.79. The first-order valence-corrected chi connectivity index (χ1v) is 6.34. The predicted octanol–water partition coefficient (Wildman–Crippen LogP) is 2.56. The van der Waals surface area contributed by atoms with Crippen molar-refractivity contribution in [2.45, 2.75) is 19.3 Å². The number of benzene rings is 1. The first kappa shape index (κ1) is 12.8. The zero-order chi connectivity index (χ0) is 12.8. The highest BCUT2D eigenvalue weighted by Gasteiger charge is 2.09. The van der Waals surface area contributed by atoms with E-state index in [-0.39, 0.29) is 5.56 Å². The van der Waals surface area contributed by atoms with Crippen LogP contribution >= 0.6 is 0 Å². The number of halogens is 1. The molecule has 4 heteroatoms. The van der Waals surface area contributed by atoms with Crippen LogP contribution in [0.3, 0.4) is 0 Å². The molecule has 0 spiro atoms. The van der Waals surface area contributed by atoms with E-state index in [2.05, 4.69) is 4.90 Å². The van der Waals surface area contributed by atoms with Gasteiger partial charge in [0.05, 0.1) is 5.56 Å². The standard InChI is InChI=1S/C14H17FN2O/c15-14-10-13(5-4-12(14)11-16)18-9-8-17-6-2-1-3-7-17/h4-5,10H,1-3,6-9H2. The van der Waals surface area contributed by atoms with Gasteiger partial charge in [-0.15, -0.1) is 0 Å². The van der Waals surface area contributed by atoms with Crippen LogP contribution < -0.4 is 4.74 Å². The third-order valence-corrected chi connectivity index (χ3v) is 3.19. The summed E-state index contributed by atoms with van der Waals surface area (Å²) in [4.78, 5) is 2.36. The number of nitriles is 1. The molecule has 0 bridgehead atoms. The molecule has 1 heterocycles. The highest BCUT2D eigenvalue weighted by atomic mass is 19.1. The van der Waals surface area contributed by atoms with Gasteiger partial charge in [-0.2, -0.15) is 5.26 Å². The van der Waals surface area contributed by atoms with E-state index in [0.717, 1.165) is 19.6 Å². The number of rotatable bonds is 4. The molecule has 0 N–H and O–H groups in total. The highest BCUT2D eigenvalue weighted by molar-refractivity contribution is 5.36. The van der Waals surface area contributed by atoms with Crippen molar-refractivity contribution < 1.29 is 9.13 Å². The molecule has 0 unspecified atom stereocenters. The van der Waals surface area contributed by atoms with Crippen LogP contribution in [0.15, 0.2) is 18.2 Å². The van der Waals surface area contributed by atoms with Crippen LogP contribution in [0.5, 0.6) is 5.75 Å². The fourth-order valence-corrected chi connectivity index (χ4v) is 2.15. The summed E-state index contributed by atoms with van der Waals surface area (Å²) in [6.45, 7) is 3.70. The van der Waals surface area contributed by atoms with Crippen molar-refractivity contribution in [2.75, 3.05) is 26.2 Å². The number of piperidine rings is 1. The number of likely N-dealkylation sites (tertiary alicyclic amines) is 1. The van der Waals surface area contributed by atoms with E-state index in [9.17, 15) is 4.39 Å². The first-order valence-electron chi connectivity index (χ1n) is 6.34. The fraction of sp³-hybridized carbons (Fsp3) is 0.500. The van der Waals surface area contributed by atoms with Gasteiger partial charge in [-0.05, 0) is 38.1 Å². The number of nitrogens with zero attached hydrogens (tertiary/aromatic N) is 2. The largest absolute Gasteiger partial charge is 0.492 e. The van der Waals surface area contributed by atoms with E-state index in [1.54, 1.807) is 12.1 Å². The third-order valence-electron chi connectivity index (χ3n) is 3.19. The quantitative estimate of drug-likeness (QED) is 0.821. The van der Waals surface area contributed by atoms with Gasteiger partial charge in [-0.25, -0.2) is 4.39 Å². The van der Waals surface area contributed by atoms with Gasteiger partial charge in [0.2, 0.25) is 0 Å². The maximum atomic E-state index is 13.3. The van der Waals surface area contributed by atoms with Gasteiger partial charge in [0.1, 0.15) is 24.2 Å². The van der Waals surface area contributed by atoms with Crippen molar-refractivity contribution in [3.05, 3.63) is 29.6 Å². The summed E-state index contributed by atoms with van der Waals surface area (Å²) in [5.74, 6) is -0.0310. The first-order chi connectivity index (χ1) is 8.79. The van der Waals surface area contributed by atoms with E-state index in [1.807, 2.05) is 0 Å². The Bertz CT molecular complexity index is 436. The summed E-state index contributed by atoms with van der Waals surface area (Å²) in [6, 6.07) is 6.15. The zero-order valence-corrected chi connectivity index (χ0v) is 10.4. The van der Waals surface area contributed by atoms with Crippen LogP contribution in [-0.4, -0.2) is 31.1 Å². The minimum atomic E-state index is -0.520. The maximum Gasteiger partial charge on any atom is 0.144 e. The molecule has 1 aromatic rings. The molecule has 1 saturated heterocycles. The maximum absolute atomic E-state index is 13.3. The van der Waals surface area contributed by atoms with Crippen molar-refractivity contribution in [1.82, 2.24) is 4.90 Å². The zero-order valence-electron chi connectivity index (χ0n) is 10.4. The lowest BCUT2D eigenvalue weighted by Crippen LogP contribution is -2.33. The molecular formula is C14H17FN2O. The summed E-state index contributed by atoms with van der Waals surface area (Å²) in [5, 5.41) is 8.62. The van der Waals surface area contributed by atoms with Crippen molar-refractivity contribution >= 4 is 0 Å². The van der Waals surface area contributed by atoms with Crippen LogP contribution in [-0.2, 0) is 0 Å². The lowest BCUT2D eigenvalue weighted by molar-refractivity contribution is 0.183. The van der Waals surface area contributed by atoms with Crippen LogP contribution in [0, 0.1) is 17.1 Å². The SMILES string of the molecule is N#Cc1ccc(OCCN2CCCCC2)cc1F. The van der Waals surface area contributed by atoms with Gasteiger partial charge in [-0.3, -0.25) is 4.90 Å². The van der Waals surface area contributed by atoms with Crippen LogP contribution in [0.2, 0.25) is 0 Å². The molecule has 0 amide bonds. The molecule has 0 aliphatic carbocycles. The molecular weight excluding hydrogens is 231 g/mol. The smallest absolute Gasteiger partial charge is 0.144 e. The van der Waals surface area contributed by atoms with Crippen molar-refractivity contribution in [1.29, 1.82) is 5.26 Å². The summed E-state index contributed by atoms with van der Waals surface area (Å²) in [7, 11) is 0. The molecule has 1 aliphatic heterocycles. The molecule has 0 atom stereocenters. The lowest BCUT2D eigenvalue weighted by atomic mass is 10.1. The van der Waals surface area contributed by atoms with Crippen LogP contribution in [0.4, 0.5) is 4.39 Å². The van der Waals surface area contributed by atoms with Gasteiger partial charge in [0.15, 0.2) is 0 Å². The minimum absolute atomic E-state index is 0.0541. The predicted molar refractivity (Wildman–Crippen MR) is 66.9 cm³/mol. The second kappa shape index (κ2) is 6.36. The topological polar surface area (TPSA) is 36.3 Å². The molecule has 1 fully saturated rings. The van der Waals surface area contributed by atoms with Crippen molar-refractivity contribution in [3.8, 4) is 11.8 Å². The van der Waals surface area contributed by atoms with Gasteiger partial charge in [0.25, 0.3) is 0 Å². The van der Waals surface area contributed by atoms with Gasteiger partial charge in [-0.1, -0.05) is 6.42 Å². The fourth-order valence-electron chi connectivity index (χ4n) is 2.15. The lowest BCUT2D eigenvalue weighted by Gasteiger charge is -2.26. The summed E-state index contributed by atoms with van der Waals surface area (Å²) in [6.07, 6.45) is 3.83. The molecule has 2 rings (SSSR count). The van der Waals surface area contributed by atoms with Gasteiger partial charge in [0, 0.05) is 12.6 Å². The number of hydrogen-bond donors (Lipinski definition) is 0. The average Bonchev–Trinajstić information content (AvgIpc) is 2.40. The summed E-state index contributed by atoms with van der Waals surface area (Å²) >= 11 is 0. The molecule has 0 aromatic heterocycles. The second-order valence-corrected chi connectivity index (χ2v) is 4.50. The van der Waals surface area contributed by atoms with Crippen molar-refractivity contribution in [3.63, 3.8) is 0 Å². The Labute approximate surface area is 107 Å². The van der Waals surface area contributed by atoms with E-state index in [0.29, 0.717) is 12.4 Å². The number of ether oxygens (including phenoxy) is 1. The van der Waals surface area contributed by atoms with Gasteiger partial charge < -0.3 is 4.74 Å². The molecule has 3 nitrogen and oxygen atoms in total. The van der Waals surface area contributed by atoms with Crippen molar-refractivity contribution in [2.24, 2.45) is 0 Å². The monoisotopic (exact) mass is 248 g/mol. The Morgan fingerprint density at radius 2 is 2.06 bits per heavy atom. The van der Waals surface area contributed by atoms with Crippen LogP contribution in [0.1, 0.15) is 24.8 Å². The Hall–Kier alpha value is -1.60.